The third-order valence-corrected chi connectivity index (χ3v) is 1.50. The van der Waals surface area contributed by atoms with Crippen LogP contribution in [0.1, 0.15) is 20.8 Å². The van der Waals surface area contributed by atoms with Gasteiger partial charge in [-0.3, -0.25) is 4.98 Å². The van der Waals surface area contributed by atoms with Crippen molar-refractivity contribution in [3.63, 3.8) is 0 Å². The maximum atomic E-state index is 5.48. The van der Waals surface area contributed by atoms with Gasteiger partial charge in [0.15, 0.2) is 0 Å². The Bertz CT molecular complexity index is 310. The monoisotopic (exact) mass is 211 g/mol. The fourth-order valence-corrected chi connectivity index (χ4v) is 0.926. The van der Waals surface area contributed by atoms with Crippen LogP contribution in [0.3, 0.4) is 0 Å². The molecule has 84 valence electrons. The van der Waals surface area contributed by atoms with E-state index in [1.807, 2.05) is 20.8 Å². The fourth-order valence-electron chi connectivity index (χ4n) is 0.926. The van der Waals surface area contributed by atoms with Crippen molar-refractivity contribution in [3.8, 4) is 5.88 Å². The standard InChI is InChI=1S/C10H17N3O2/c1-10(2,3)15-5-4-14-9-7-12-6-8(11)13-9/h6-7H,4-5H2,1-3H3,(H2,11,13). The highest BCUT2D eigenvalue weighted by Crippen LogP contribution is 2.08. The summed E-state index contributed by atoms with van der Waals surface area (Å²) in [7, 11) is 0. The molecular formula is C10H17N3O2. The predicted molar refractivity (Wildman–Crippen MR) is 57.6 cm³/mol. The molecular weight excluding hydrogens is 194 g/mol. The first-order chi connectivity index (χ1) is 6.97. The predicted octanol–water partition coefficient (Wildman–Crippen LogP) is 1.25. The molecule has 0 aliphatic heterocycles. The van der Waals surface area contributed by atoms with E-state index in [1.165, 1.54) is 12.4 Å². The molecule has 0 saturated carbocycles. The van der Waals surface area contributed by atoms with E-state index < -0.39 is 0 Å². The van der Waals surface area contributed by atoms with Crippen LogP contribution in [0.5, 0.6) is 5.88 Å². The molecule has 5 heteroatoms. The molecule has 0 unspecified atom stereocenters. The Labute approximate surface area is 89.6 Å². The molecule has 0 amide bonds. The summed E-state index contributed by atoms with van der Waals surface area (Å²) in [4.78, 5) is 7.80. The second kappa shape index (κ2) is 4.93. The Hall–Kier alpha value is -1.36. The average Bonchev–Trinajstić information content (AvgIpc) is 2.11. The third-order valence-electron chi connectivity index (χ3n) is 1.50. The summed E-state index contributed by atoms with van der Waals surface area (Å²) in [6.07, 6.45) is 2.99. The summed E-state index contributed by atoms with van der Waals surface area (Å²) in [6, 6.07) is 0. The Morgan fingerprint density at radius 1 is 1.27 bits per heavy atom. The highest BCUT2D eigenvalue weighted by atomic mass is 16.5. The first kappa shape index (κ1) is 11.7. The van der Waals surface area contributed by atoms with Crippen LogP contribution < -0.4 is 10.5 Å². The summed E-state index contributed by atoms with van der Waals surface area (Å²) < 4.78 is 10.8. The molecule has 0 aromatic carbocycles. The summed E-state index contributed by atoms with van der Waals surface area (Å²) in [5, 5.41) is 0. The lowest BCUT2D eigenvalue weighted by molar-refractivity contribution is -0.0168. The minimum absolute atomic E-state index is 0.148. The number of ether oxygens (including phenoxy) is 2. The van der Waals surface area contributed by atoms with Crippen LogP contribution in [0.4, 0.5) is 5.82 Å². The van der Waals surface area contributed by atoms with Gasteiger partial charge in [0.1, 0.15) is 12.4 Å². The van der Waals surface area contributed by atoms with Gasteiger partial charge < -0.3 is 15.2 Å². The van der Waals surface area contributed by atoms with Crippen LogP contribution in [-0.2, 0) is 4.74 Å². The van der Waals surface area contributed by atoms with Gasteiger partial charge in [0.25, 0.3) is 0 Å². The van der Waals surface area contributed by atoms with Crippen molar-refractivity contribution < 1.29 is 9.47 Å². The second-order valence-corrected chi connectivity index (χ2v) is 4.09. The highest BCUT2D eigenvalue weighted by molar-refractivity contribution is 5.25. The van der Waals surface area contributed by atoms with Crippen molar-refractivity contribution >= 4 is 5.82 Å². The lowest BCUT2D eigenvalue weighted by atomic mass is 10.2. The number of anilines is 1. The van der Waals surface area contributed by atoms with Gasteiger partial charge >= 0.3 is 0 Å². The molecule has 0 radical (unpaired) electrons. The molecule has 1 aromatic heterocycles. The van der Waals surface area contributed by atoms with Gasteiger partial charge in [-0.05, 0) is 20.8 Å². The number of nitrogens with two attached hydrogens (primary N) is 1. The summed E-state index contributed by atoms with van der Waals surface area (Å²) in [6.45, 7) is 6.93. The number of aromatic nitrogens is 2. The van der Waals surface area contributed by atoms with Gasteiger partial charge in [-0.15, -0.1) is 0 Å². The van der Waals surface area contributed by atoms with Crippen molar-refractivity contribution in [2.75, 3.05) is 18.9 Å². The van der Waals surface area contributed by atoms with Crippen molar-refractivity contribution in [2.24, 2.45) is 0 Å². The van der Waals surface area contributed by atoms with Crippen LogP contribution in [0, 0.1) is 0 Å². The van der Waals surface area contributed by atoms with Crippen molar-refractivity contribution in [1.82, 2.24) is 9.97 Å². The van der Waals surface area contributed by atoms with Gasteiger partial charge in [0.05, 0.1) is 24.6 Å². The molecule has 0 fully saturated rings. The first-order valence-electron chi connectivity index (χ1n) is 4.82. The second-order valence-electron chi connectivity index (χ2n) is 4.09. The minimum atomic E-state index is -0.148. The van der Waals surface area contributed by atoms with E-state index in [-0.39, 0.29) is 5.60 Å². The summed E-state index contributed by atoms with van der Waals surface area (Å²) >= 11 is 0. The van der Waals surface area contributed by atoms with Gasteiger partial charge in [0.2, 0.25) is 5.88 Å². The molecule has 0 bridgehead atoms. The van der Waals surface area contributed by atoms with E-state index in [4.69, 9.17) is 15.2 Å². The summed E-state index contributed by atoms with van der Waals surface area (Å²) in [5.74, 6) is 0.775. The fraction of sp³-hybridized carbons (Fsp3) is 0.600. The van der Waals surface area contributed by atoms with E-state index in [2.05, 4.69) is 9.97 Å². The SMILES string of the molecule is CC(C)(C)OCCOc1cncc(N)n1. The van der Waals surface area contributed by atoms with E-state index in [0.717, 1.165) is 0 Å². The van der Waals surface area contributed by atoms with E-state index in [0.29, 0.717) is 24.9 Å². The zero-order valence-corrected chi connectivity index (χ0v) is 9.36. The average molecular weight is 211 g/mol. The third kappa shape index (κ3) is 5.17. The zero-order chi connectivity index (χ0) is 11.3. The van der Waals surface area contributed by atoms with Crippen LogP contribution >= 0.6 is 0 Å². The highest BCUT2D eigenvalue weighted by Gasteiger charge is 2.09. The summed E-state index contributed by atoms with van der Waals surface area (Å²) in [5.41, 5.74) is 5.30. The molecule has 0 aliphatic rings. The normalized spacial score (nSPS) is 11.4. The molecule has 1 heterocycles. The molecule has 2 N–H and O–H groups in total. The van der Waals surface area contributed by atoms with Crippen LogP contribution in [0.25, 0.3) is 0 Å². The molecule has 0 atom stereocenters. The molecule has 0 saturated heterocycles. The Morgan fingerprint density at radius 3 is 2.60 bits per heavy atom. The number of hydrogen-bond donors (Lipinski definition) is 1. The molecule has 0 spiro atoms. The number of rotatable bonds is 4. The van der Waals surface area contributed by atoms with Crippen LogP contribution in [0.2, 0.25) is 0 Å². The van der Waals surface area contributed by atoms with Crippen molar-refractivity contribution in [1.29, 1.82) is 0 Å². The minimum Gasteiger partial charge on any atom is -0.474 e. The maximum Gasteiger partial charge on any atom is 0.234 e. The Kier molecular flexibility index (Phi) is 3.85. The van der Waals surface area contributed by atoms with Crippen molar-refractivity contribution in [3.05, 3.63) is 12.4 Å². The van der Waals surface area contributed by atoms with Crippen LogP contribution in [0.15, 0.2) is 12.4 Å². The molecule has 15 heavy (non-hydrogen) atoms. The van der Waals surface area contributed by atoms with Crippen LogP contribution in [-0.4, -0.2) is 28.8 Å². The van der Waals surface area contributed by atoms with Crippen molar-refractivity contribution in [2.45, 2.75) is 26.4 Å². The van der Waals surface area contributed by atoms with E-state index in [1.54, 1.807) is 0 Å². The number of hydrogen-bond acceptors (Lipinski definition) is 5. The molecule has 0 aliphatic carbocycles. The van der Waals surface area contributed by atoms with Gasteiger partial charge in [-0.1, -0.05) is 0 Å². The lowest BCUT2D eigenvalue weighted by Crippen LogP contribution is -2.22. The van der Waals surface area contributed by atoms with E-state index >= 15 is 0 Å². The first-order valence-corrected chi connectivity index (χ1v) is 4.82. The Balaban J connectivity index is 2.26. The molecule has 5 nitrogen and oxygen atoms in total. The lowest BCUT2D eigenvalue weighted by Gasteiger charge is -2.19. The maximum absolute atomic E-state index is 5.48. The number of nitrogens with zero attached hydrogens (tertiary/aromatic N) is 2. The zero-order valence-electron chi connectivity index (χ0n) is 9.36. The largest absolute Gasteiger partial charge is 0.474 e. The molecule has 1 aromatic rings. The Morgan fingerprint density at radius 2 is 2.00 bits per heavy atom. The van der Waals surface area contributed by atoms with Gasteiger partial charge in [-0.25, -0.2) is 0 Å². The van der Waals surface area contributed by atoms with Gasteiger partial charge in [0, 0.05) is 0 Å². The van der Waals surface area contributed by atoms with E-state index in [9.17, 15) is 0 Å². The van der Waals surface area contributed by atoms with Gasteiger partial charge in [-0.2, -0.15) is 4.98 Å². The quantitative estimate of drug-likeness (QED) is 0.759. The number of nitrogen functional groups attached to an aromatic ring is 1. The molecule has 1 rings (SSSR count). The topological polar surface area (TPSA) is 70.3 Å². The smallest absolute Gasteiger partial charge is 0.234 e.